The predicted octanol–water partition coefficient (Wildman–Crippen LogP) is 1.07. The minimum Gasteiger partial charge on any atom is -0.293 e. The van der Waals surface area contributed by atoms with Gasteiger partial charge in [-0.05, 0) is 20.7 Å². The van der Waals surface area contributed by atoms with E-state index in [1.807, 2.05) is 0 Å². The lowest BCUT2D eigenvalue weighted by Gasteiger charge is -2.03. The Kier molecular flexibility index (Phi) is 2.66. The molecule has 1 aromatic heterocycles. The fourth-order valence-corrected chi connectivity index (χ4v) is 1.80. The van der Waals surface area contributed by atoms with Crippen molar-refractivity contribution in [1.82, 2.24) is 4.98 Å². The highest BCUT2D eigenvalue weighted by atomic mass is 32.9. The minimum absolute atomic E-state index is 0.336. The van der Waals surface area contributed by atoms with Crippen LogP contribution in [0.2, 0.25) is 0 Å². The topological polar surface area (TPSA) is 59.1 Å². The Morgan fingerprint density at radius 1 is 1.38 bits per heavy atom. The molecular weight excluding hydrogens is 229 g/mol. The van der Waals surface area contributed by atoms with Gasteiger partial charge in [0.15, 0.2) is 0 Å². The number of anilines is 1. The normalized spacial score (nSPS) is 11.3. The number of aromatic nitrogens is 1. The number of nitrogens with zero attached hydrogens (tertiary/aromatic N) is 1. The highest BCUT2D eigenvalue weighted by molar-refractivity contribution is 7.69. The first-order valence-corrected chi connectivity index (χ1v) is 4.90. The van der Waals surface area contributed by atoms with Crippen molar-refractivity contribution in [2.75, 3.05) is 5.32 Å². The van der Waals surface area contributed by atoms with Gasteiger partial charge in [-0.3, -0.25) is 14.9 Å². The molecule has 0 saturated heterocycles. The van der Waals surface area contributed by atoms with Crippen LogP contribution in [0.1, 0.15) is 0 Å². The van der Waals surface area contributed by atoms with Crippen molar-refractivity contribution in [3.8, 4) is 0 Å². The van der Waals surface area contributed by atoms with Gasteiger partial charge >= 0.3 is 17.0 Å². The molecule has 0 aromatic carbocycles. The van der Waals surface area contributed by atoms with Crippen LogP contribution in [0.4, 0.5) is 18.3 Å². The lowest BCUT2D eigenvalue weighted by molar-refractivity contribution is -0.167. The summed E-state index contributed by atoms with van der Waals surface area (Å²) < 4.78 is 34.9. The molecule has 0 aliphatic heterocycles. The van der Waals surface area contributed by atoms with Crippen LogP contribution >= 0.6 is 20.7 Å². The number of nitrogens with one attached hydrogen (secondary N) is 1. The van der Waals surface area contributed by atoms with E-state index in [2.05, 4.69) is 4.98 Å². The van der Waals surface area contributed by atoms with Crippen LogP contribution in [-0.4, -0.2) is 17.1 Å². The number of hydrogen-bond donors (Lipinski definition) is 1. The van der Waals surface area contributed by atoms with E-state index in [9.17, 15) is 22.8 Å². The summed E-state index contributed by atoms with van der Waals surface area (Å²) in [5, 5.41) is 1.12. The number of rotatable bonds is 1. The number of hydrogen-bond acceptors (Lipinski definition) is 5. The molecule has 1 rings (SSSR count). The molecule has 0 bridgehead atoms. The van der Waals surface area contributed by atoms with Gasteiger partial charge in [0, 0.05) is 0 Å². The summed E-state index contributed by atoms with van der Waals surface area (Å²) in [5.74, 6) is -2.13. The second-order valence-electron chi connectivity index (χ2n) is 1.80. The first-order chi connectivity index (χ1) is 5.89. The molecule has 0 aliphatic rings. The summed E-state index contributed by atoms with van der Waals surface area (Å²) in [6, 6.07) is 0. The fourth-order valence-electron chi connectivity index (χ4n) is 0.412. The maximum Gasteiger partial charge on any atom is 0.471 e. The Labute approximate surface area is 76.4 Å². The molecule has 13 heavy (non-hydrogen) atoms. The van der Waals surface area contributed by atoms with Gasteiger partial charge in [0.2, 0.25) is 5.13 Å². The molecule has 0 radical (unpaired) electrons. The van der Waals surface area contributed by atoms with E-state index in [1.54, 1.807) is 0 Å². The molecule has 1 aromatic rings. The quantitative estimate of drug-likeness (QED) is 0.734. The van der Waals surface area contributed by atoms with Gasteiger partial charge in [0.1, 0.15) is 0 Å². The van der Waals surface area contributed by atoms with Crippen molar-refractivity contribution in [3.63, 3.8) is 0 Å². The van der Waals surface area contributed by atoms with E-state index >= 15 is 0 Å². The average molecular weight is 230 g/mol. The molecule has 72 valence electrons. The first kappa shape index (κ1) is 10.1. The van der Waals surface area contributed by atoms with Crippen LogP contribution in [0.3, 0.4) is 0 Å². The maximum atomic E-state index is 11.6. The van der Waals surface area contributed by atoms with Gasteiger partial charge in [-0.15, -0.1) is 0 Å². The Morgan fingerprint density at radius 3 is 2.38 bits per heavy atom. The summed E-state index contributed by atoms with van der Waals surface area (Å²) in [6.07, 6.45) is -4.96. The summed E-state index contributed by atoms with van der Waals surface area (Å²) in [6.45, 7) is 0. The van der Waals surface area contributed by atoms with Crippen molar-refractivity contribution in [2.24, 2.45) is 0 Å². The van der Waals surface area contributed by atoms with E-state index in [-0.39, 0.29) is 5.13 Å². The number of carbonyl (C=O) groups is 1. The van der Waals surface area contributed by atoms with Crippen LogP contribution < -0.4 is 10.2 Å². The van der Waals surface area contributed by atoms with Crippen LogP contribution in [0.15, 0.2) is 4.79 Å². The fraction of sp³-hybridized carbons (Fsp3) is 0.250. The lowest BCUT2D eigenvalue weighted by Crippen LogP contribution is -2.30. The Hall–Kier alpha value is -0.960. The second kappa shape index (κ2) is 3.42. The smallest absolute Gasteiger partial charge is 0.293 e. The molecule has 0 fully saturated rings. The molecule has 1 amide bonds. The van der Waals surface area contributed by atoms with E-state index in [0.29, 0.717) is 20.7 Å². The van der Waals surface area contributed by atoms with E-state index in [1.165, 1.54) is 5.32 Å². The molecule has 1 N–H and O–H groups in total. The van der Waals surface area contributed by atoms with Crippen LogP contribution in [0, 0.1) is 0 Å². The summed E-state index contributed by atoms with van der Waals surface area (Å²) >= 11 is 0. The van der Waals surface area contributed by atoms with Crippen LogP contribution in [0.5, 0.6) is 0 Å². The monoisotopic (exact) mass is 230 g/mol. The molecule has 0 saturated carbocycles. The standard InChI is InChI=1S/C4HF3N2O2S2/c5-4(6,7)1(10)8-2-9-3(11)13-12-2/h(H,8,9,10,11). The van der Waals surface area contributed by atoms with Crippen LogP contribution in [-0.2, 0) is 4.79 Å². The summed E-state index contributed by atoms with van der Waals surface area (Å²) in [5.41, 5.74) is 0. The van der Waals surface area contributed by atoms with Gasteiger partial charge in [-0.2, -0.15) is 18.2 Å². The molecule has 0 unspecified atom stereocenters. The van der Waals surface area contributed by atoms with Crippen molar-refractivity contribution in [1.29, 1.82) is 0 Å². The summed E-state index contributed by atoms with van der Waals surface area (Å²) in [4.78, 5) is 23.2. The zero-order valence-corrected chi connectivity index (χ0v) is 7.35. The van der Waals surface area contributed by atoms with Gasteiger partial charge in [0.25, 0.3) is 0 Å². The SMILES string of the molecule is O=C(Nc1nc(=O)ss1)C(F)(F)F. The van der Waals surface area contributed by atoms with Gasteiger partial charge < -0.3 is 0 Å². The minimum atomic E-state index is -4.96. The molecular formula is C4HF3N2O2S2. The van der Waals surface area contributed by atoms with Crippen molar-refractivity contribution in [3.05, 3.63) is 9.67 Å². The Bertz CT molecular complexity index is 368. The predicted molar refractivity (Wildman–Crippen MR) is 40.9 cm³/mol. The third-order valence-corrected chi connectivity index (χ3v) is 2.68. The number of amides is 1. The molecule has 4 nitrogen and oxygen atoms in total. The first-order valence-electron chi connectivity index (χ1n) is 2.75. The van der Waals surface area contributed by atoms with Gasteiger partial charge in [-0.1, -0.05) is 0 Å². The Morgan fingerprint density at radius 2 is 2.00 bits per heavy atom. The van der Waals surface area contributed by atoms with E-state index in [4.69, 9.17) is 0 Å². The number of carbonyl (C=O) groups excluding carboxylic acids is 1. The van der Waals surface area contributed by atoms with E-state index < -0.39 is 17.0 Å². The Balaban J connectivity index is 2.71. The van der Waals surface area contributed by atoms with Crippen molar-refractivity contribution < 1.29 is 18.0 Å². The highest BCUT2D eigenvalue weighted by Gasteiger charge is 2.39. The third-order valence-electron chi connectivity index (χ3n) is 0.863. The molecule has 0 atom stereocenters. The van der Waals surface area contributed by atoms with Crippen molar-refractivity contribution in [2.45, 2.75) is 6.18 Å². The molecule has 9 heteroatoms. The van der Waals surface area contributed by atoms with Crippen LogP contribution in [0.25, 0.3) is 0 Å². The zero-order chi connectivity index (χ0) is 10.1. The molecule has 0 spiro atoms. The number of halogens is 3. The average Bonchev–Trinajstić information content (AvgIpc) is 2.33. The number of alkyl halides is 3. The van der Waals surface area contributed by atoms with Gasteiger partial charge in [0.05, 0.1) is 0 Å². The van der Waals surface area contributed by atoms with Gasteiger partial charge in [-0.25, -0.2) is 0 Å². The maximum absolute atomic E-state index is 11.6. The molecule has 0 aliphatic carbocycles. The van der Waals surface area contributed by atoms with E-state index in [0.717, 1.165) is 0 Å². The van der Waals surface area contributed by atoms with Crippen molar-refractivity contribution >= 4 is 31.7 Å². The lowest BCUT2D eigenvalue weighted by atomic mass is 10.6. The zero-order valence-electron chi connectivity index (χ0n) is 5.71. The summed E-state index contributed by atoms with van der Waals surface area (Å²) in [7, 11) is 1.33. The highest BCUT2D eigenvalue weighted by Crippen LogP contribution is 2.19. The largest absolute Gasteiger partial charge is 0.471 e. The second-order valence-corrected chi connectivity index (χ2v) is 3.87. The third kappa shape index (κ3) is 2.77. The molecule has 1 heterocycles.